The average molecular weight is 386 g/mol. The summed E-state index contributed by atoms with van der Waals surface area (Å²) in [5, 5.41) is 12.1. The van der Waals surface area contributed by atoms with Crippen LogP contribution in [-0.2, 0) is 4.79 Å². The summed E-state index contributed by atoms with van der Waals surface area (Å²) in [4.78, 5) is 29.1. The number of thioether (sulfide) groups is 1. The first-order valence-electron chi connectivity index (χ1n) is 8.87. The molecule has 1 aromatic carbocycles. The van der Waals surface area contributed by atoms with E-state index in [1.165, 1.54) is 0 Å². The van der Waals surface area contributed by atoms with E-state index in [4.69, 9.17) is 9.84 Å². The summed E-state index contributed by atoms with van der Waals surface area (Å²) in [5.41, 5.74) is 0.367. The van der Waals surface area contributed by atoms with Crippen LogP contribution in [0, 0.1) is 5.92 Å². The molecule has 0 radical (unpaired) electrons. The number of carboxylic acid groups (broad SMARTS) is 1. The van der Waals surface area contributed by atoms with Gasteiger partial charge in [0.05, 0.1) is 5.92 Å². The van der Waals surface area contributed by atoms with E-state index < -0.39 is 5.97 Å². The number of rotatable bonds is 6. The lowest BCUT2D eigenvalue weighted by Crippen LogP contribution is -2.38. The van der Waals surface area contributed by atoms with Gasteiger partial charge in [-0.3, -0.25) is 9.59 Å². The maximum absolute atomic E-state index is 12.7. The van der Waals surface area contributed by atoms with Gasteiger partial charge in [-0.25, -0.2) is 4.98 Å². The largest absolute Gasteiger partial charge is 0.481 e. The Kier molecular flexibility index (Phi) is 6.34. The third-order valence-corrected chi connectivity index (χ3v) is 5.44. The number of benzene rings is 1. The lowest BCUT2D eigenvalue weighted by Gasteiger charge is -2.27. The van der Waals surface area contributed by atoms with E-state index in [1.54, 1.807) is 30.1 Å². The van der Waals surface area contributed by atoms with Crippen LogP contribution in [0.4, 0.5) is 0 Å². The Morgan fingerprint density at radius 1 is 1.15 bits per heavy atom. The van der Waals surface area contributed by atoms with Crippen molar-refractivity contribution in [1.82, 2.24) is 10.3 Å². The van der Waals surface area contributed by atoms with Crippen molar-refractivity contribution in [1.29, 1.82) is 0 Å². The molecular formula is C20H22N2O4S. The van der Waals surface area contributed by atoms with Crippen LogP contribution in [0.1, 0.15) is 36.0 Å². The zero-order valence-electron chi connectivity index (χ0n) is 15.1. The average Bonchev–Trinajstić information content (AvgIpc) is 2.69. The molecule has 1 heterocycles. The second-order valence-electron chi connectivity index (χ2n) is 6.49. The number of carbonyl (C=O) groups excluding carboxylic acids is 1. The summed E-state index contributed by atoms with van der Waals surface area (Å²) < 4.78 is 5.81. The molecule has 1 fully saturated rings. The van der Waals surface area contributed by atoms with E-state index >= 15 is 0 Å². The Labute approximate surface area is 162 Å². The van der Waals surface area contributed by atoms with Gasteiger partial charge in [0.25, 0.3) is 5.91 Å². The predicted octanol–water partition coefficient (Wildman–Crippen LogP) is 3.97. The fraction of sp³-hybridized carbons (Fsp3) is 0.350. The first-order chi connectivity index (χ1) is 13.1. The van der Waals surface area contributed by atoms with Crippen LogP contribution in [-0.4, -0.2) is 34.3 Å². The highest BCUT2D eigenvalue weighted by molar-refractivity contribution is 7.98. The van der Waals surface area contributed by atoms with Crippen molar-refractivity contribution in [2.45, 2.75) is 36.6 Å². The number of aliphatic carboxylic acids is 1. The van der Waals surface area contributed by atoms with Crippen LogP contribution in [0.5, 0.6) is 11.6 Å². The van der Waals surface area contributed by atoms with Gasteiger partial charge >= 0.3 is 5.97 Å². The Morgan fingerprint density at radius 3 is 2.48 bits per heavy atom. The number of hydrogen-bond acceptors (Lipinski definition) is 5. The zero-order chi connectivity index (χ0) is 19.2. The van der Waals surface area contributed by atoms with Crippen LogP contribution in [0.15, 0.2) is 47.5 Å². The quantitative estimate of drug-likeness (QED) is 0.731. The number of ether oxygens (including phenoxy) is 1. The van der Waals surface area contributed by atoms with Gasteiger partial charge in [0.1, 0.15) is 11.3 Å². The fourth-order valence-electron chi connectivity index (χ4n) is 3.15. The summed E-state index contributed by atoms with van der Waals surface area (Å²) in [6.07, 6.45) is 6.07. The van der Waals surface area contributed by atoms with E-state index in [9.17, 15) is 9.59 Å². The number of carboxylic acids is 1. The lowest BCUT2D eigenvalue weighted by molar-refractivity contribution is -0.142. The summed E-state index contributed by atoms with van der Waals surface area (Å²) in [6.45, 7) is 0. The van der Waals surface area contributed by atoms with Crippen LogP contribution >= 0.6 is 11.8 Å². The molecule has 1 aliphatic carbocycles. The fourth-order valence-corrected chi connectivity index (χ4v) is 3.56. The SMILES string of the molecule is CSc1ccc(Oc2ncccc2C(=O)N[C@H]2CC[C@@H](C(=O)O)CC2)cc1. The van der Waals surface area contributed by atoms with E-state index in [2.05, 4.69) is 10.3 Å². The van der Waals surface area contributed by atoms with E-state index in [-0.39, 0.29) is 23.7 Å². The molecule has 0 atom stereocenters. The van der Waals surface area contributed by atoms with Gasteiger partial charge in [-0.15, -0.1) is 11.8 Å². The molecule has 0 aliphatic heterocycles. The second-order valence-corrected chi connectivity index (χ2v) is 7.37. The molecule has 27 heavy (non-hydrogen) atoms. The molecule has 6 nitrogen and oxygen atoms in total. The van der Waals surface area contributed by atoms with E-state index in [1.807, 2.05) is 30.5 Å². The van der Waals surface area contributed by atoms with Gasteiger partial charge in [0.2, 0.25) is 5.88 Å². The molecule has 7 heteroatoms. The summed E-state index contributed by atoms with van der Waals surface area (Å²) in [5.74, 6) is -0.443. The molecule has 0 bridgehead atoms. The molecule has 1 aliphatic rings. The number of pyridine rings is 1. The molecule has 0 unspecified atom stereocenters. The van der Waals surface area contributed by atoms with Crippen molar-refractivity contribution in [2.24, 2.45) is 5.92 Å². The van der Waals surface area contributed by atoms with Gasteiger partial charge in [0.15, 0.2) is 0 Å². The molecular weight excluding hydrogens is 364 g/mol. The number of hydrogen-bond donors (Lipinski definition) is 2. The molecule has 3 rings (SSSR count). The van der Waals surface area contributed by atoms with Crippen molar-refractivity contribution in [3.8, 4) is 11.6 Å². The maximum atomic E-state index is 12.7. The Bertz CT molecular complexity index is 802. The number of aromatic nitrogens is 1. The highest BCUT2D eigenvalue weighted by Crippen LogP contribution is 2.27. The van der Waals surface area contributed by atoms with Crippen molar-refractivity contribution in [3.05, 3.63) is 48.2 Å². The topological polar surface area (TPSA) is 88.5 Å². The summed E-state index contributed by atoms with van der Waals surface area (Å²) >= 11 is 1.64. The summed E-state index contributed by atoms with van der Waals surface area (Å²) in [6, 6.07) is 10.9. The number of carbonyl (C=O) groups is 2. The standard InChI is InChI=1S/C20H22N2O4S/c1-27-16-10-8-15(9-11-16)26-19-17(3-2-12-21-19)18(23)22-14-6-4-13(5-7-14)20(24)25/h2-3,8-14H,4-7H2,1H3,(H,22,23)(H,24,25)/t13-,14+. The van der Waals surface area contributed by atoms with E-state index in [0.29, 0.717) is 37.0 Å². The number of amides is 1. The second kappa shape index (κ2) is 8.90. The van der Waals surface area contributed by atoms with Crippen LogP contribution < -0.4 is 10.1 Å². The lowest BCUT2D eigenvalue weighted by atomic mass is 9.86. The highest BCUT2D eigenvalue weighted by atomic mass is 32.2. The summed E-state index contributed by atoms with van der Waals surface area (Å²) in [7, 11) is 0. The Hall–Kier alpha value is -2.54. The smallest absolute Gasteiger partial charge is 0.306 e. The molecule has 2 aromatic rings. The number of nitrogens with one attached hydrogen (secondary N) is 1. The molecule has 142 valence electrons. The van der Waals surface area contributed by atoms with Crippen LogP contribution in [0.2, 0.25) is 0 Å². The normalized spacial score (nSPS) is 19.3. The zero-order valence-corrected chi connectivity index (χ0v) is 15.9. The minimum atomic E-state index is -0.754. The van der Waals surface area contributed by atoms with Crippen molar-refractivity contribution < 1.29 is 19.4 Å². The van der Waals surface area contributed by atoms with E-state index in [0.717, 1.165) is 4.90 Å². The maximum Gasteiger partial charge on any atom is 0.306 e. The monoisotopic (exact) mass is 386 g/mol. The third kappa shape index (κ3) is 5.01. The number of nitrogens with zero attached hydrogens (tertiary/aromatic N) is 1. The van der Waals surface area contributed by atoms with Crippen molar-refractivity contribution in [2.75, 3.05) is 6.26 Å². The van der Waals surface area contributed by atoms with Gasteiger partial charge in [0, 0.05) is 17.1 Å². The van der Waals surface area contributed by atoms with Crippen molar-refractivity contribution >= 4 is 23.6 Å². The first kappa shape index (κ1) is 19.2. The van der Waals surface area contributed by atoms with Crippen molar-refractivity contribution in [3.63, 3.8) is 0 Å². The van der Waals surface area contributed by atoms with Gasteiger partial charge in [-0.1, -0.05) is 0 Å². The Morgan fingerprint density at radius 2 is 1.85 bits per heavy atom. The predicted molar refractivity (Wildman–Crippen MR) is 103 cm³/mol. The highest BCUT2D eigenvalue weighted by Gasteiger charge is 2.27. The van der Waals surface area contributed by atoms with Crippen LogP contribution in [0.3, 0.4) is 0 Å². The molecule has 1 aromatic heterocycles. The Balaban J connectivity index is 1.66. The van der Waals surface area contributed by atoms with Gasteiger partial charge in [-0.05, 0) is 68.3 Å². The molecule has 1 amide bonds. The minimum Gasteiger partial charge on any atom is -0.481 e. The van der Waals surface area contributed by atoms with Gasteiger partial charge in [-0.2, -0.15) is 0 Å². The minimum absolute atomic E-state index is 0.0259. The van der Waals surface area contributed by atoms with Crippen LogP contribution in [0.25, 0.3) is 0 Å². The molecule has 2 N–H and O–H groups in total. The molecule has 1 saturated carbocycles. The molecule has 0 spiro atoms. The molecule has 0 saturated heterocycles. The third-order valence-electron chi connectivity index (χ3n) is 4.70. The van der Waals surface area contributed by atoms with Gasteiger partial charge < -0.3 is 15.2 Å². The first-order valence-corrected chi connectivity index (χ1v) is 10.1.